The average molecular weight is 608 g/mol. The summed E-state index contributed by atoms with van der Waals surface area (Å²) in [6, 6.07) is 28.6. The molecule has 1 heterocycles. The summed E-state index contributed by atoms with van der Waals surface area (Å²) in [6.45, 7) is 2.09. The van der Waals surface area contributed by atoms with Crippen molar-refractivity contribution in [3.8, 4) is 11.5 Å². The Morgan fingerprint density at radius 2 is 1.64 bits per heavy atom. The molecule has 2 atom stereocenters. The van der Waals surface area contributed by atoms with Gasteiger partial charge in [0.05, 0.1) is 30.2 Å². The minimum atomic E-state index is -1.14. The number of nitro groups is 1. The topological polar surface area (TPSA) is 135 Å². The third-order valence-corrected chi connectivity index (χ3v) is 7.66. The smallest absolute Gasteiger partial charge is 0.269 e. The molecule has 0 bridgehead atoms. The molecule has 0 radical (unpaired) electrons. The molecule has 2 N–H and O–H groups in total. The molecule has 5 aromatic rings. The number of methoxy groups -OCH3 is 1. The predicted octanol–water partition coefficient (Wildman–Crippen LogP) is 5.83. The summed E-state index contributed by atoms with van der Waals surface area (Å²) in [5, 5.41) is 23.4. The Hall–Kier alpha value is -5.48. The molecule has 230 valence electrons. The molecule has 0 aliphatic rings. The second-order valence-electron chi connectivity index (χ2n) is 10.7. The lowest BCUT2D eigenvalue weighted by Gasteiger charge is -2.32. The average Bonchev–Trinajstić information content (AvgIpc) is 3.06. The van der Waals surface area contributed by atoms with Crippen LogP contribution in [0.3, 0.4) is 0 Å². The fourth-order valence-electron chi connectivity index (χ4n) is 5.25. The minimum Gasteiger partial charge on any atom is -0.497 e. The molecule has 0 fully saturated rings. The number of benzene rings is 4. The van der Waals surface area contributed by atoms with Crippen molar-refractivity contribution >= 4 is 22.5 Å². The van der Waals surface area contributed by atoms with E-state index in [9.17, 15) is 24.8 Å². The van der Waals surface area contributed by atoms with Crippen LogP contribution in [0.25, 0.3) is 10.9 Å². The Morgan fingerprint density at radius 1 is 0.933 bits per heavy atom. The maximum Gasteiger partial charge on any atom is 0.269 e. The van der Waals surface area contributed by atoms with Crippen molar-refractivity contribution in [2.75, 3.05) is 13.7 Å². The van der Waals surface area contributed by atoms with E-state index in [0.717, 1.165) is 11.1 Å². The number of pyridine rings is 1. The maximum atomic E-state index is 13.9. The molecule has 45 heavy (non-hydrogen) atoms. The predicted molar refractivity (Wildman–Crippen MR) is 171 cm³/mol. The fourth-order valence-corrected chi connectivity index (χ4v) is 5.25. The van der Waals surface area contributed by atoms with E-state index < -0.39 is 11.0 Å². The lowest BCUT2D eigenvalue weighted by molar-refractivity contribution is -0.384. The number of fused-ring (bicyclic) bond motifs is 1. The van der Waals surface area contributed by atoms with Crippen LogP contribution in [-0.2, 0) is 13.0 Å². The number of aromatic nitrogens is 1. The summed E-state index contributed by atoms with van der Waals surface area (Å²) in [5.41, 5.74) is 2.68. The Morgan fingerprint density at radius 3 is 2.31 bits per heavy atom. The molecule has 1 aromatic heterocycles. The summed E-state index contributed by atoms with van der Waals surface area (Å²) >= 11 is 0. The lowest BCUT2D eigenvalue weighted by atomic mass is 9.99. The zero-order valence-corrected chi connectivity index (χ0v) is 24.9. The number of nitrogens with zero attached hydrogens (tertiary/aromatic N) is 2. The number of aromatic amines is 1. The second-order valence-corrected chi connectivity index (χ2v) is 10.7. The number of H-pyrrole nitrogens is 1. The van der Waals surface area contributed by atoms with Crippen LogP contribution in [0.2, 0.25) is 0 Å². The SMILES string of the molecule is COc1ccc(CC(C)N(CC(O)c2ccc(OCc3ccccc3)c3[nH]c(=O)ccc23)C(=O)c2ccc([N+](=O)[O-])cc2)cc1. The number of hydrogen-bond donors (Lipinski definition) is 2. The van der Waals surface area contributed by atoms with Crippen molar-refractivity contribution in [2.24, 2.45) is 0 Å². The Bertz CT molecular complexity index is 1840. The van der Waals surface area contributed by atoms with Crippen molar-refractivity contribution in [3.63, 3.8) is 0 Å². The van der Waals surface area contributed by atoms with Crippen LogP contribution in [0.5, 0.6) is 11.5 Å². The minimum absolute atomic E-state index is 0.0778. The number of carbonyl (C=O) groups excluding carboxylic acids is 1. The van der Waals surface area contributed by atoms with E-state index >= 15 is 0 Å². The molecular weight excluding hydrogens is 574 g/mol. The molecule has 10 nitrogen and oxygen atoms in total. The normalized spacial score (nSPS) is 12.3. The number of nitro benzene ring substituents is 1. The van der Waals surface area contributed by atoms with Crippen LogP contribution in [0.4, 0.5) is 5.69 Å². The van der Waals surface area contributed by atoms with Gasteiger partial charge in [0, 0.05) is 35.2 Å². The molecule has 0 aliphatic carbocycles. The quantitative estimate of drug-likeness (QED) is 0.135. The van der Waals surface area contributed by atoms with Gasteiger partial charge < -0.3 is 24.5 Å². The van der Waals surface area contributed by atoms with E-state index in [1.165, 1.54) is 30.3 Å². The van der Waals surface area contributed by atoms with Gasteiger partial charge in [-0.1, -0.05) is 48.5 Å². The molecule has 2 unspecified atom stereocenters. The van der Waals surface area contributed by atoms with Gasteiger partial charge in [-0.05, 0) is 66.4 Å². The summed E-state index contributed by atoms with van der Waals surface area (Å²) in [6.07, 6.45) is -0.655. The van der Waals surface area contributed by atoms with E-state index in [1.807, 2.05) is 61.5 Å². The molecule has 0 aliphatic heterocycles. The standard InChI is InChI=1S/C35H33N3O7/c1-23(20-24-8-14-28(44-2)15-9-24)37(35(41)26-10-12-27(13-11-26)38(42)43)21-31(39)29-16-18-32(34-30(29)17-19-33(40)36-34)45-22-25-6-4-3-5-7-25/h3-19,23,31,39H,20-22H2,1-2H3,(H,36,40). The Labute approximate surface area is 259 Å². The Balaban J connectivity index is 1.45. The van der Waals surface area contributed by atoms with Crippen LogP contribution in [0.15, 0.2) is 108 Å². The number of carbonyl (C=O) groups is 1. The van der Waals surface area contributed by atoms with Crippen LogP contribution in [0, 0.1) is 10.1 Å². The van der Waals surface area contributed by atoms with E-state index in [2.05, 4.69) is 4.98 Å². The summed E-state index contributed by atoms with van der Waals surface area (Å²) in [5.74, 6) is 0.779. The summed E-state index contributed by atoms with van der Waals surface area (Å²) in [7, 11) is 1.59. The zero-order valence-electron chi connectivity index (χ0n) is 24.9. The third kappa shape index (κ3) is 7.36. The summed E-state index contributed by atoms with van der Waals surface area (Å²) in [4.78, 5) is 41.2. The summed E-state index contributed by atoms with van der Waals surface area (Å²) < 4.78 is 11.3. The first-order chi connectivity index (χ1) is 21.7. The molecular formula is C35H33N3O7. The fraction of sp³-hybridized carbons (Fsp3) is 0.200. The molecule has 0 saturated carbocycles. The molecule has 10 heteroatoms. The molecule has 4 aromatic carbocycles. The largest absolute Gasteiger partial charge is 0.497 e. The molecule has 5 rings (SSSR count). The van der Waals surface area contributed by atoms with Crippen molar-refractivity contribution < 1.29 is 24.3 Å². The third-order valence-electron chi connectivity index (χ3n) is 7.66. The highest BCUT2D eigenvalue weighted by Crippen LogP contribution is 2.31. The molecule has 0 saturated heterocycles. The first kappa shape index (κ1) is 31.0. The van der Waals surface area contributed by atoms with Gasteiger partial charge in [-0.2, -0.15) is 0 Å². The van der Waals surface area contributed by atoms with E-state index in [4.69, 9.17) is 9.47 Å². The van der Waals surface area contributed by atoms with Crippen LogP contribution in [0.1, 0.15) is 40.1 Å². The number of non-ortho nitro benzene ring substituents is 1. The van der Waals surface area contributed by atoms with E-state index in [-0.39, 0.29) is 41.9 Å². The lowest BCUT2D eigenvalue weighted by Crippen LogP contribution is -2.42. The van der Waals surface area contributed by atoms with Gasteiger partial charge >= 0.3 is 0 Å². The van der Waals surface area contributed by atoms with Crippen molar-refractivity contribution in [1.29, 1.82) is 0 Å². The maximum absolute atomic E-state index is 13.9. The van der Waals surface area contributed by atoms with Gasteiger partial charge in [0.2, 0.25) is 5.56 Å². The van der Waals surface area contributed by atoms with Crippen LogP contribution in [-0.4, -0.2) is 45.5 Å². The highest BCUT2D eigenvalue weighted by Gasteiger charge is 2.27. The second kappa shape index (κ2) is 13.9. The number of aliphatic hydroxyl groups excluding tert-OH is 1. The van der Waals surface area contributed by atoms with Gasteiger partial charge in [-0.15, -0.1) is 0 Å². The number of hydrogen-bond acceptors (Lipinski definition) is 7. The number of aliphatic hydroxyl groups is 1. The van der Waals surface area contributed by atoms with Crippen LogP contribution < -0.4 is 15.0 Å². The Kier molecular flexibility index (Phi) is 9.54. The van der Waals surface area contributed by atoms with Gasteiger partial charge in [-0.25, -0.2) is 0 Å². The van der Waals surface area contributed by atoms with Gasteiger partial charge in [0.15, 0.2) is 0 Å². The van der Waals surface area contributed by atoms with Crippen molar-refractivity contribution in [3.05, 3.63) is 146 Å². The van der Waals surface area contributed by atoms with Crippen LogP contribution >= 0.6 is 0 Å². The number of rotatable bonds is 12. The number of amides is 1. The molecule has 0 spiro atoms. The highest BCUT2D eigenvalue weighted by atomic mass is 16.6. The van der Waals surface area contributed by atoms with Gasteiger partial charge in [0.1, 0.15) is 18.1 Å². The molecule has 1 amide bonds. The van der Waals surface area contributed by atoms with E-state index in [0.29, 0.717) is 34.4 Å². The van der Waals surface area contributed by atoms with Gasteiger partial charge in [-0.3, -0.25) is 19.7 Å². The van der Waals surface area contributed by atoms with Crippen molar-refractivity contribution in [1.82, 2.24) is 9.88 Å². The number of ether oxygens (including phenoxy) is 2. The first-order valence-corrected chi connectivity index (χ1v) is 14.4. The highest BCUT2D eigenvalue weighted by molar-refractivity contribution is 5.95. The number of nitrogens with one attached hydrogen (secondary N) is 1. The first-order valence-electron chi connectivity index (χ1n) is 14.4. The monoisotopic (exact) mass is 607 g/mol. The van der Waals surface area contributed by atoms with Crippen molar-refractivity contribution in [2.45, 2.75) is 32.1 Å². The van der Waals surface area contributed by atoms with Gasteiger partial charge in [0.25, 0.3) is 11.6 Å². The zero-order chi connectivity index (χ0) is 31.9. The van der Waals surface area contributed by atoms with E-state index in [1.54, 1.807) is 30.2 Å².